The maximum absolute atomic E-state index is 12.5. The van der Waals surface area contributed by atoms with Gasteiger partial charge < -0.3 is 14.2 Å². The third-order valence-electron chi connectivity index (χ3n) is 4.31. The number of carbonyl (C=O) groups excluding carboxylic acids is 1. The normalized spacial score (nSPS) is 18.6. The summed E-state index contributed by atoms with van der Waals surface area (Å²) in [4.78, 5) is 16.6. The van der Waals surface area contributed by atoms with Crippen molar-refractivity contribution in [3.8, 4) is 17.2 Å². The number of nitrogens with one attached hydrogen (secondary N) is 1. The molecular weight excluding hydrogens is 392 g/mol. The lowest BCUT2D eigenvalue weighted by Gasteiger charge is -2.20. The number of rotatable bonds is 4. The number of amidine groups is 2. The Morgan fingerprint density at radius 2 is 2.00 bits per heavy atom. The van der Waals surface area contributed by atoms with Crippen LogP contribution in [0, 0.1) is 5.41 Å². The summed E-state index contributed by atoms with van der Waals surface area (Å²) in [6.45, 7) is 0.401. The van der Waals surface area contributed by atoms with Gasteiger partial charge in [-0.3, -0.25) is 10.2 Å². The van der Waals surface area contributed by atoms with Crippen molar-refractivity contribution >= 4 is 39.8 Å². The van der Waals surface area contributed by atoms with Gasteiger partial charge in [0.1, 0.15) is 17.4 Å². The maximum Gasteiger partial charge on any atom is 0.283 e. The van der Waals surface area contributed by atoms with E-state index in [1.807, 2.05) is 30.3 Å². The lowest BCUT2D eigenvalue weighted by atomic mass is 10.1. The molecule has 144 valence electrons. The van der Waals surface area contributed by atoms with E-state index in [2.05, 4.69) is 10.1 Å². The first-order valence-electron chi connectivity index (χ1n) is 8.74. The van der Waals surface area contributed by atoms with Gasteiger partial charge in [0.25, 0.3) is 5.91 Å². The highest BCUT2D eigenvalue weighted by Gasteiger charge is 2.35. The van der Waals surface area contributed by atoms with E-state index >= 15 is 0 Å². The average Bonchev–Trinajstić information content (AvgIpc) is 3.36. The third kappa shape index (κ3) is 3.36. The van der Waals surface area contributed by atoms with Gasteiger partial charge in [0.2, 0.25) is 12.0 Å². The second kappa shape index (κ2) is 7.10. The Bertz CT molecular complexity index is 1110. The number of ether oxygens (including phenoxy) is 3. The van der Waals surface area contributed by atoms with Crippen molar-refractivity contribution in [2.24, 2.45) is 10.1 Å². The monoisotopic (exact) mass is 406 g/mol. The van der Waals surface area contributed by atoms with E-state index in [0.717, 1.165) is 5.75 Å². The Balaban J connectivity index is 1.36. The van der Waals surface area contributed by atoms with Crippen LogP contribution in [-0.4, -0.2) is 40.4 Å². The second-order valence-corrected chi connectivity index (χ2v) is 7.27. The molecule has 2 aromatic carbocycles. The van der Waals surface area contributed by atoms with Crippen LogP contribution in [0.5, 0.6) is 17.2 Å². The van der Waals surface area contributed by atoms with Gasteiger partial charge in [0.05, 0.1) is 5.57 Å². The summed E-state index contributed by atoms with van der Waals surface area (Å²) in [5.74, 6) is 1.47. The molecule has 0 saturated heterocycles. The fourth-order valence-corrected chi connectivity index (χ4v) is 3.72. The molecule has 2 aromatic rings. The lowest BCUT2D eigenvalue weighted by molar-refractivity contribution is -0.114. The quantitative estimate of drug-likeness (QED) is 0.784. The van der Waals surface area contributed by atoms with Gasteiger partial charge in [-0.1, -0.05) is 24.3 Å². The number of hydrogen-bond donors (Lipinski definition) is 1. The minimum atomic E-state index is -0.480. The molecule has 0 saturated carbocycles. The first-order valence-corrected chi connectivity index (χ1v) is 9.55. The SMILES string of the molecule is N=C1/C(=C\c2ccc3c(c2)OCO3)C(=O)N=C2SC(COc3ccccc3)=NN12. The summed E-state index contributed by atoms with van der Waals surface area (Å²) >= 11 is 1.22. The van der Waals surface area contributed by atoms with Crippen molar-refractivity contribution in [3.05, 3.63) is 59.7 Å². The average molecular weight is 406 g/mol. The molecule has 0 aliphatic carbocycles. The molecule has 1 amide bonds. The second-order valence-electron chi connectivity index (χ2n) is 6.23. The Labute approximate surface area is 170 Å². The molecule has 0 fully saturated rings. The molecule has 5 rings (SSSR count). The topological polar surface area (TPSA) is 96.6 Å². The summed E-state index contributed by atoms with van der Waals surface area (Å²) in [6, 6.07) is 14.7. The van der Waals surface area contributed by atoms with Gasteiger partial charge in [-0.2, -0.15) is 15.1 Å². The van der Waals surface area contributed by atoms with Crippen molar-refractivity contribution in [2.75, 3.05) is 13.4 Å². The standard InChI is InChI=1S/C20H14N4O4S/c21-18-14(8-12-6-7-15-16(9-12)28-11-27-15)19(25)22-20-24(18)23-17(29-20)10-26-13-4-2-1-3-5-13/h1-9,21H,10-11H2/b14-8+,21-18?. The summed E-state index contributed by atoms with van der Waals surface area (Å²) in [5.41, 5.74) is 0.867. The number of benzene rings is 2. The molecule has 29 heavy (non-hydrogen) atoms. The number of fused-ring (bicyclic) bond motifs is 2. The molecule has 8 nitrogen and oxygen atoms in total. The fraction of sp³-hybridized carbons (Fsp3) is 0.100. The van der Waals surface area contributed by atoms with E-state index in [1.165, 1.54) is 16.8 Å². The van der Waals surface area contributed by atoms with E-state index < -0.39 is 5.91 Å². The minimum absolute atomic E-state index is 0.0279. The van der Waals surface area contributed by atoms with Crippen LogP contribution in [0.4, 0.5) is 0 Å². The van der Waals surface area contributed by atoms with Crippen molar-refractivity contribution in [1.82, 2.24) is 5.01 Å². The summed E-state index contributed by atoms with van der Waals surface area (Å²) in [6.07, 6.45) is 1.60. The number of hydrogen-bond acceptors (Lipinski definition) is 7. The van der Waals surface area contributed by atoms with Gasteiger partial charge >= 0.3 is 0 Å². The molecule has 0 unspecified atom stereocenters. The molecule has 3 heterocycles. The zero-order valence-corrected chi connectivity index (χ0v) is 15.8. The molecule has 0 radical (unpaired) electrons. The van der Waals surface area contributed by atoms with Crippen LogP contribution < -0.4 is 14.2 Å². The van der Waals surface area contributed by atoms with E-state index in [4.69, 9.17) is 19.6 Å². The van der Waals surface area contributed by atoms with E-state index in [9.17, 15) is 4.79 Å². The summed E-state index contributed by atoms with van der Waals surface area (Å²) in [5, 5.41) is 15.1. The zero-order valence-electron chi connectivity index (χ0n) is 15.0. The highest BCUT2D eigenvalue weighted by Crippen LogP contribution is 2.34. The largest absolute Gasteiger partial charge is 0.487 e. The summed E-state index contributed by atoms with van der Waals surface area (Å²) in [7, 11) is 0. The first kappa shape index (κ1) is 17.5. The van der Waals surface area contributed by atoms with Crippen LogP contribution in [0.25, 0.3) is 6.08 Å². The molecule has 3 aliphatic rings. The number of aliphatic imine (C=N–C) groups is 1. The van der Waals surface area contributed by atoms with Crippen molar-refractivity contribution in [1.29, 1.82) is 5.41 Å². The van der Waals surface area contributed by atoms with Crippen LogP contribution in [0.1, 0.15) is 5.56 Å². The highest BCUT2D eigenvalue weighted by atomic mass is 32.2. The Morgan fingerprint density at radius 1 is 1.17 bits per heavy atom. The smallest absolute Gasteiger partial charge is 0.283 e. The van der Waals surface area contributed by atoms with Gasteiger partial charge in [0, 0.05) is 0 Å². The lowest BCUT2D eigenvalue weighted by Crippen LogP contribution is -2.35. The maximum atomic E-state index is 12.5. The van der Waals surface area contributed by atoms with Crippen LogP contribution in [0.3, 0.4) is 0 Å². The molecule has 0 bridgehead atoms. The molecule has 1 N–H and O–H groups in total. The van der Waals surface area contributed by atoms with Gasteiger partial charge in [-0.25, -0.2) is 0 Å². The minimum Gasteiger partial charge on any atom is -0.487 e. The Kier molecular flexibility index (Phi) is 4.28. The highest BCUT2D eigenvalue weighted by molar-refractivity contribution is 8.27. The van der Waals surface area contributed by atoms with Crippen LogP contribution in [-0.2, 0) is 4.79 Å². The van der Waals surface area contributed by atoms with Gasteiger partial charge in [-0.15, -0.1) is 0 Å². The van der Waals surface area contributed by atoms with E-state index in [0.29, 0.717) is 27.3 Å². The third-order valence-corrected chi connectivity index (χ3v) is 5.19. The van der Waals surface area contributed by atoms with Crippen molar-refractivity contribution < 1.29 is 19.0 Å². The predicted octanol–water partition coefficient (Wildman–Crippen LogP) is 3.11. The fourth-order valence-electron chi connectivity index (χ4n) is 2.92. The number of nitrogens with zero attached hydrogens (tertiary/aromatic N) is 3. The number of amides is 1. The van der Waals surface area contributed by atoms with E-state index in [-0.39, 0.29) is 24.8 Å². The number of carbonyl (C=O) groups is 1. The first-order chi connectivity index (χ1) is 14.2. The molecule has 0 spiro atoms. The van der Waals surface area contributed by atoms with Crippen LogP contribution in [0.2, 0.25) is 0 Å². The van der Waals surface area contributed by atoms with E-state index in [1.54, 1.807) is 24.3 Å². The molecule has 9 heteroatoms. The Hall–Kier alpha value is -3.59. The summed E-state index contributed by atoms with van der Waals surface area (Å²) < 4.78 is 16.4. The van der Waals surface area contributed by atoms with Gasteiger partial charge in [0.15, 0.2) is 17.3 Å². The van der Waals surface area contributed by atoms with Crippen LogP contribution in [0.15, 0.2) is 64.2 Å². The molecular formula is C20H14N4O4S. The zero-order chi connectivity index (χ0) is 19.8. The Morgan fingerprint density at radius 3 is 2.86 bits per heavy atom. The van der Waals surface area contributed by atoms with Crippen molar-refractivity contribution in [2.45, 2.75) is 0 Å². The molecule has 3 aliphatic heterocycles. The van der Waals surface area contributed by atoms with Crippen LogP contribution >= 0.6 is 11.8 Å². The number of hydrazone groups is 1. The number of thioether (sulfide) groups is 1. The van der Waals surface area contributed by atoms with Crippen molar-refractivity contribution in [3.63, 3.8) is 0 Å². The molecule has 0 aromatic heterocycles. The predicted molar refractivity (Wildman–Crippen MR) is 110 cm³/mol. The van der Waals surface area contributed by atoms with Gasteiger partial charge in [-0.05, 0) is 47.7 Å². The molecule has 0 atom stereocenters. The number of para-hydroxylation sites is 1.